The van der Waals surface area contributed by atoms with Gasteiger partial charge < -0.3 is 25.5 Å². The molecular formula is C20H38IN5OS. The molecule has 1 aromatic rings. The number of hydrogen-bond donors (Lipinski definition) is 3. The minimum absolute atomic E-state index is 0. The number of piperazine rings is 1. The Morgan fingerprint density at radius 2 is 1.93 bits per heavy atom. The van der Waals surface area contributed by atoms with Crippen LogP contribution in [0.3, 0.4) is 0 Å². The number of likely N-dealkylation sites (N-methyl/N-ethyl adjacent to an activating group) is 1. The van der Waals surface area contributed by atoms with Crippen LogP contribution >= 0.6 is 35.3 Å². The van der Waals surface area contributed by atoms with Crippen LogP contribution in [0.5, 0.6) is 0 Å². The number of aliphatic hydroxyl groups is 1. The van der Waals surface area contributed by atoms with Crippen LogP contribution in [0.15, 0.2) is 21.8 Å². The van der Waals surface area contributed by atoms with Crippen molar-refractivity contribution in [1.82, 2.24) is 20.4 Å². The van der Waals surface area contributed by atoms with Gasteiger partial charge in [-0.05, 0) is 48.7 Å². The summed E-state index contributed by atoms with van der Waals surface area (Å²) in [6.07, 6.45) is 0. The molecule has 2 atom stereocenters. The normalized spacial score (nSPS) is 19.5. The van der Waals surface area contributed by atoms with Crippen LogP contribution in [0.25, 0.3) is 0 Å². The van der Waals surface area contributed by atoms with E-state index < -0.39 is 5.60 Å². The van der Waals surface area contributed by atoms with Gasteiger partial charge in [0.05, 0.1) is 6.54 Å². The van der Waals surface area contributed by atoms with E-state index in [4.69, 9.17) is 0 Å². The van der Waals surface area contributed by atoms with Gasteiger partial charge in [0, 0.05) is 45.8 Å². The molecule has 0 spiro atoms. The Morgan fingerprint density at radius 1 is 1.25 bits per heavy atom. The van der Waals surface area contributed by atoms with Crippen molar-refractivity contribution in [2.45, 2.75) is 33.3 Å². The molecular weight excluding hydrogens is 485 g/mol. The number of hydrogen-bond acceptors (Lipinski definition) is 5. The minimum atomic E-state index is -0.938. The molecule has 2 unspecified atom stereocenters. The average Bonchev–Trinajstić information content (AvgIpc) is 3.20. The highest BCUT2D eigenvalue weighted by atomic mass is 127. The van der Waals surface area contributed by atoms with Gasteiger partial charge >= 0.3 is 0 Å². The Bertz CT molecular complexity index is 559. The number of nitrogens with zero attached hydrogens (tertiary/aromatic N) is 3. The first-order valence-electron chi connectivity index (χ1n) is 10.2. The molecule has 0 saturated carbocycles. The topological polar surface area (TPSA) is 63.1 Å². The molecule has 1 saturated heterocycles. The molecule has 0 aromatic carbocycles. The largest absolute Gasteiger partial charge is 0.383 e. The molecule has 28 heavy (non-hydrogen) atoms. The first kappa shape index (κ1) is 25.6. The van der Waals surface area contributed by atoms with Gasteiger partial charge in [0.15, 0.2) is 5.96 Å². The maximum absolute atomic E-state index is 10.7. The SMILES string of the molecule is CCNC(=NCC(C)(O)c1ccsc1)NCC(C)CN1CCN(CC)CC1.I. The molecule has 0 bridgehead atoms. The smallest absolute Gasteiger partial charge is 0.191 e. The van der Waals surface area contributed by atoms with Crippen molar-refractivity contribution in [1.29, 1.82) is 0 Å². The molecule has 1 aliphatic rings. The third-order valence-corrected chi connectivity index (χ3v) is 5.82. The van der Waals surface area contributed by atoms with Crippen LogP contribution in [0.1, 0.15) is 33.3 Å². The van der Waals surface area contributed by atoms with Gasteiger partial charge in [-0.3, -0.25) is 0 Å². The zero-order valence-corrected chi connectivity index (χ0v) is 20.9. The molecule has 1 aromatic heterocycles. The van der Waals surface area contributed by atoms with E-state index in [2.05, 4.69) is 46.2 Å². The van der Waals surface area contributed by atoms with Crippen LogP contribution in [-0.2, 0) is 5.60 Å². The number of rotatable bonds is 9. The summed E-state index contributed by atoms with van der Waals surface area (Å²) in [6, 6.07) is 1.96. The van der Waals surface area contributed by atoms with E-state index in [1.54, 1.807) is 11.3 Å². The summed E-state index contributed by atoms with van der Waals surface area (Å²) < 4.78 is 0. The zero-order chi connectivity index (χ0) is 19.7. The summed E-state index contributed by atoms with van der Waals surface area (Å²) >= 11 is 1.60. The Labute approximate surface area is 191 Å². The Balaban J connectivity index is 0.00000392. The molecule has 8 heteroatoms. The number of nitrogens with one attached hydrogen (secondary N) is 2. The summed E-state index contributed by atoms with van der Waals surface area (Å²) in [5, 5.41) is 21.4. The summed E-state index contributed by atoms with van der Waals surface area (Å²) in [5.74, 6) is 1.31. The molecule has 1 fully saturated rings. The maximum atomic E-state index is 10.7. The lowest BCUT2D eigenvalue weighted by molar-refractivity contribution is 0.0677. The second kappa shape index (κ2) is 13.0. The van der Waals surface area contributed by atoms with Crippen molar-refractivity contribution in [2.75, 3.05) is 58.9 Å². The fraction of sp³-hybridized carbons (Fsp3) is 0.750. The van der Waals surface area contributed by atoms with Gasteiger partial charge in [-0.2, -0.15) is 11.3 Å². The van der Waals surface area contributed by atoms with Crippen LogP contribution in [0.4, 0.5) is 0 Å². The fourth-order valence-corrected chi connectivity index (χ4v) is 4.08. The lowest BCUT2D eigenvalue weighted by Crippen LogP contribution is -2.48. The quantitative estimate of drug-likeness (QED) is 0.264. The average molecular weight is 524 g/mol. The van der Waals surface area contributed by atoms with E-state index in [-0.39, 0.29) is 24.0 Å². The number of guanidine groups is 1. The van der Waals surface area contributed by atoms with E-state index >= 15 is 0 Å². The highest BCUT2D eigenvalue weighted by molar-refractivity contribution is 14.0. The second-order valence-corrected chi connectivity index (χ2v) is 8.48. The van der Waals surface area contributed by atoms with E-state index in [0.717, 1.165) is 50.8 Å². The highest BCUT2D eigenvalue weighted by Gasteiger charge is 2.23. The van der Waals surface area contributed by atoms with Crippen LogP contribution in [0.2, 0.25) is 0 Å². The summed E-state index contributed by atoms with van der Waals surface area (Å²) in [4.78, 5) is 9.68. The zero-order valence-electron chi connectivity index (χ0n) is 17.8. The Morgan fingerprint density at radius 3 is 2.50 bits per heavy atom. The minimum Gasteiger partial charge on any atom is -0.383 e. The lowest BCUT2D eigenvalue weighted by Gasteiger charge is -2.35. The molecule has 2 heterocycles. The van der Waals surface area contributed by atoms with Crippen molar-refractivity contribution in [3.63, 3.8) is 0 Å². The predicted octanol–water partition coefficient (Wildman–Crippen LogP) is 2.40. The molecule has 1 aliphatic heterocycles. The van der Waals surface area contributed by atoms with Crippen LogP contribution in [0, 0.1) is 5.92 Å². The summed E-state index contributed by atoms with van der Waals surface area (Å²) in [6.45, 7) is 17.4. The molecule has 2 rings (SSSR count). The van der Waals surface area contributed by atoms with Crippen molar-refractivity contribution < 1.29 is 5.11 Å². The van der Waals surface area contributed by atoms with Crippen molar-refractivity contribution in [2.24, 2.45) is 10.9 Å². The summed E-state index contributed by atoms with van der Waals surface area (Å²) in [7, 11) is 0. The monoisotopic (exact) mass is 523 g/mol. The van der Waals surface area contributed by atoms with Crippen LogP contribution in [-0.4, -0.2) is 79.8 Å². The third kappa shape index (κ3) is 8.52. The highest BCUT2D eigenvalue weighted by Crippen LogP contribution is 2.23. The number of aliphatic imine (C=N–C) groups is 1. The Kier molecular flexibility index (Phi) is 11.9. The summed E-state index contributed by atoms with van der Waals surface area (Å²) in [5.41, 5.74) is -0.0147. The van der Waals surface area contributed by atoms with Crippen molar-refractivity contribution in [3.8, 4) is 0 Å². The Hall–Kier alpha value is -0.420. The number of halogens is 1. The van der Waals surface area contributed by atoms with Gasteiger partial charge in [-0.1, -0.05) is 13.8 Å². The van der Waals surface area contributed by atoms with Crippen molar-refractivity contribution >= 4 is 41.3 Å². The van der Waals surface area contributed by atoms with E-state index in [1.807, 2.05) is 23.8 Å². The lowest BCUT2D eigenvalue weighted by atomic mass is 10.00. The molecule has 0 aliphatic carbocycles. The molecule has 0 radical (unpaired) electrons. The first-order valence-corrected chi connectivity index (χ1v) is 11.1. The third-order valence-electron chi connectivity index (χ3n) is 5.13. The first-order chi connectivity index (χ1) is 12.9. The van der Waals surface area contributed by atoms with Gasteiger partial charge in [-0.25, -0.2) is 4.99 Å². The van der Waals surface area contributed by atoms with Crippen LogP contribution < -0.4 is 10.6 Å². The molecule has 0 amide bonds. The van der Waals surface area contributed by atoms with Gasteiger partial charge in [-0.15, -0.1) is 24.0 Å². The van der Waals surface area contributed by atoms with Crippen molar-refractivity contribution in [3.05, 3.63) is 22.4 Å². The van der Waals surface area contributed by atoms with Gasteiger partial charge in [0.1, 0.15) is 5.60 Å². The second-order valence-electron chi connectivity index (χ2n) is 7.70. The van der Waals surface area contributed by atoms with E-state index in [0.29, 0.717) is 12.5 Å². The maximum Gasteiger partial charge on any atom is 0.191 e. The van der Waals surface area contributed by atoms with Gasteiger partial charge in [0.2, 0.25) is 0 Å². The molecule has 3 N–H and O–H groups in total. The number of thiophene rings is 1. The van der Waals surface area contributed by atoms with Gasteiger partial charge in [0.25, 0.3) is 0 Å². The molecule has 162 valence electrons. The molecule has 6 nitrogen and oxygen atoms in total. The fourth-order valence-electron chi connectivity index (χ4n) is 3.30. The standard InChI is InChI=1S/C20H37N5OS.HI/c1-5-21-19(23-16-20(4,26)18-7-12-27-15-18)22-13-17(3)14-25-10-8-24(6-2)9-11-25;/h7,12,15,17,26H,5-6,8-11,13-14,16H2,1-4H3,(H2,21,22,23);1H. The predicted molar refractivity (Wildman–Crippen MR) is 131 cm³/mol. The van der Waals surface area contributed by atoms with E-state index in [9.17, 15) is 5.11 Å². The van der Waals surface area contributed by atoms with E-state index in [1.165, 1.54) is 13.1 Å².